The van der Waals surface area contributed by atoms with E-state index < -0.39 is 10.0 Å². The molecule has 1 aliphatic heterocycles. The van der Waals surface area contributed by atoms with Crippen molar-refractivity contribution in [3.8, 4) is 0 Å². The zero-order valence-corrected chi connectivity index (χ0v) is 12.1. The maximum Gasteiger partial charge on any atom is 0.245 e. The van der Waals surface area contributed by atoms with E-state index in [1.807, 2.05) is 0 Å². The van der Waals surface area contributed by atoms with Crippen LogP contribution in [0.3, 0.4) is 0 Å². The van der Waals surface area contributed by atoms with Crippen molar-refractivity contribution in [2.75, 3.05) is 6.54 Å². The van der Waals surface area contributed by atoms with E-state index in [-0.39, 0.29) is 16.8 Å². The number of pyridine rings is 1. The molecule has 1 unspecified atom stereocenters. The van der Waals surface area contributed by atoms with Crippen LogP contribution in [0.1, 0.15) is 24.4 Å². The molecule has 0 N–H and O–H groups in total. The van der Waals surface area contributed by atoms with Crippen molar-refractivity contribution in [1.82, 2.24) is 9.29 Å². The highest BCUT2D eigenvalue weighted by atomic mass is 32.2. The highest BCUT2D eigenvalue weighted by molar-refractivity contribution is 7.89. The van der Waals surface area contributed by atoms with Gasteiger partial charge in [0.2, 0.25) is 10.0 Å². The second-order valence-corrected chi connectivity index (χ2v) is 6.90. The Bertz CT molecular complexity index is 717. The topological polar surface area (TPSA) is 50.3 Å². The first-order valence-electron chi connectivity index (χ1n) is 6.76. The molecule has 1 aromatic carbocycles. The van der Waals surface area contributed by atoms with Crippen molar-refractivity contribution in [2.24, 2.45) is 0 Å². The lowest BCUT2D eigenvalue weighted by molar-refractivity contribution is 0.396. The third kappa shape index (κ3) is 2.69. The van der Waals surface area contributed by atoms with Crippen LogP contribution >= 0.6 is 0 Å². The van der Waals surface area contributed by atoms with Gasteiger partial charge in [-0.2, -0.15) is 4.31 Å². The van der Waals surface area contributed by atoms with E-state index in [2.05, 4.69) is 4.98 Å². The fraction of sp³-hybridized carbons (Fsp3) is 0.267. The number of nitrogens with zero attached hydrogens (tertiary/aromatic N) is 2. The lowest BCUT2D eigenvalue weighted by atomic mass is 10.1. The van der Waals surface area contributed by atoms with Gasteiger partial charge in [-0.1, -0.05) is 12.1 Å². The Morgan fingerprint density at radius 1 is 1.19 bits per heavy atom. The predicted octanol–water partition coefficient (Wildman–Crippen LogP) is 2.75. The van der Waals surface area contributed by atoms with E-state index in [1.54, 1.807) is 30.5 Å². The number of sulfonamides is 1. The van der Waals surface area contributed by atoms with Crippen LogP contribution in [0.4, 0.5) is 4.39 Å². The summed E-state index contributed by atoms with van der Waals surface area (Å²) in [6.07, 6.45) is 4.43. The summed E-state index contributed by atoms with van der Waals surface area (Å²) in [6.45, 7) is 0.471. The molecular weight excluding hydrogens is 291 g/mol. The van der Waals surface area contributed by atoms with Gasteiger partial charge in [0.05, 0.1) is 6.04 Å². The molecule has 0 amide bonds. The Morgan fingerprint density at radius 2 is 1.95 bits per heavy atom. The maximum absolute atomic E-state index is 13.0. The van der Waals surface area contributed by atoms with Gasteiger partial charge >= 0.3 is 0 Å². The lowest BCUT2D eigenvalue weighted by Gasteiger charge is -2.24. The maximum atomic E-state index is 13.0. The average Bonchev–Trinajstić information content (AvgIpc) is 2.99. The zero-order chi connectivity index (χ0) is 14.9. The molecule has 2 heterocycles. The van der Waals surface area contributed by atoms with Gasteiger partial charge in [-0.3, -0.25) is 4.98 Å². The molecule has 4 nitrogen and oxygen atoms in total. The van der Waals surface area contributed by atoms with Gasteiger partial charge in [0, 0.05) is 18.9 Å². The molecule has 1 aromatic heterocycles. The number of rotatable bonds is 3. The Morgan fingerprint density at radius 3 is 2.62 bits per heavy atom. The van der Waals surface area contributed by atoms with Crippen molar-refractivity contribution in [3.63, 3.8) is 0 Å². The molecule has 1 atom stereocenters. The number of aromatic nitrogens is 1. The summed E-state index contributed by atoms with van der Waals surface area (Å²) < 4.78 is 39.9. The summed E-state index contributed by atoms with van der Waals surface area (Å²) in [5.74, 6) is -0.321. The van der Waals surface area contributed by atoms with E-state index >= 15 is 0 Å². The van der Waals surface area contributed by atoms with E-state index in [9.17, 15) is 12.8 Å². The Balaban J connectivity index is 1.96. The van der Waals surface area contributed by atoms with Gasteiger partial charge in [-0.25, -0.2) is 12.8 Å². The van der Waals surface area contributed by atoms with Crippen molar-refractivity contribution in [3.05, 3.63) is 60.2 Å². The first-order chi connectivity index (χ1) is 10.1. The zero-order valence-electron chi connectivity index (χ0n) is 11.3. The van der Waals surface area contributed by atoms with Gasteiger partial charge in [0.25, 0.3) is 0 Å². The molecule has 0 saturated carbocycles. The van der Waals surface area contributed by atoms with Gasteiger partial charge < -0.3 is 0 Å². The Hall–Kier alpha value is -1.79. The normalized spacial score (nSPS) is 19.8. The first-order valence-corrected chi connectivity index (χ1v) is 8.20. The van der Waals surface area contributed by atoms with Crippen molar-refractivity contribution in [2.45, 2.75) is 23.8 Å². The molecule has 6 heteroatoms. The Labute approximate surface area is 123 Å². The third-order valence-electron chi connectivity index (χ3n) is 3.70. The molecule has 0 aliphatic carbocycles. The van der Waals surface area contributed by atoms with Crippen LogP contribution in [0.15, 0.2) is 53.7 Å². The smallest absolute Gasteiger partial charge is 0.245 e. The van der Waals surface area contributed by atoms with Crippen LogP contribution in [0.5, 0.6) is 0 Å². The molecule has 0 spiro atoms. The number of halogens is 1. The van der Waals surface area contributed by atoms with Crippen LogP contribution in [-0.4, -0.2) is 24.3 Å². The minimum absolute atomic E-state index is 0.194. The van der Waals surface area contributed by atoms with E-state index in [1.165, 1.54) is 22.6 Å². The summed E-state index contributed by atoms with van der Waals surface area (Å²) in [5.41, 5.74) is 0.821. The molecule has 3 rings (SSSR count). The van der Waals surface area contributed by atoms with Crippen LogP contribution in [-0.2, 0) is 10.0 Å². The van der Waals surface area contributed by atoms with Crippen LogP contribution in [0.25, 0.3) is 0 Å². The largest absolute Gasteiger partial charge is 0.263 e. The second kappa shape index (κ2) is 5.54. The summed E-state index contributed by atoms with van der Waals surface area (Å²) in [4.78, 5) is 4.07. The number of hydrogen-bond acceptors (Lipinski definition) is 3. The first kappa shape index (κ1) is 14.2. The molecule has 1 aliphatic rings. The van der Waals surface area contributed by atoms with Crippen LogP contribution in [0.2, 0.25) is 0 Å². The minimum atomic E-state index is -3.57. The quantitative estimate of drug-likeness (QED) is 0.876. The molecule has 1 saturated heterocycles. The van der Waals surface area contributed by atoms with E-state index in [0.29, 0.717) is 6.54 Å². The van der Waals surface area contributed by atoms with E-state index in [4.69, 9.17) is 0 Å². The fourth-order valence-corrected chi connectivity index (χ4v) is 4.33. The van der Waals surface area contributed by atoms with Crippen LogP contribution < -0.4 is 0 Å². The molecule has 0 radical (unpaired) electrons. The highest BCUT2D eigenvalue weighted by Crippen LogP contribution is 2.36. The third-order valence-corrected chi connectivity index (χ3v) is 5.59. The van der Waals surface area contributed by atoms with Crippen molar-refractivity contribution < 1.29 is 12.8 Å². The molecule has 110 valence electrons. The number of hydrogen-bond donors (Lipinski definition) is 0. The average molecular weight is 306 g/mol. The van der Waals surface area contributed by atoms with E-state index in [0.717, 1.165) is 18.4 Å². The molecule has 1 fully saturated rings. The second-order valence-electron chi connectivity index (χ2n) is 5.01. The molecule has 2 aromatic rings. The van der Waals surface area contributed by atoms with Gasteiger partial charge in [-0.05, 0) is 42.7 Å². The van der Waals surface area contributed by atoms with Gasteiger partial charge in [-0.15, -0.1) is 0 Å². The molecule has 21 heavy (non-hydrogen) atoms. The van der Waals surface area contributed by atoms with Crippen molar-refractivity contribution in [1.29, 1.82) is 0 Å². The fourth-order valence-electron chi connectivity index (χ4n) is 2.68. The monoisotopic (exact) mass is 306 g/mol. The molecule has 0 bridgehead atoms. The van der Waals surface area contributed by atoms with Crippen LogP contribution in [0, 0.1) is 5.82 Å². The summed E-state index contributed by atoms with van der Waals surface area (Å²) >= 11 is 0. The highest BCUT2D eigenvalue weighted by Gasteiger charge is 2.36. The summed E-state index contributed by atoms with van der Waals surface area (Å²) in [6, 6.07) is 8.94. The SMILES string of the molecule is O=S(=O)(c1cccnc1)N1CCCC1c1ccc(F)cc1. The minimum Gasteiger partial charge on any atom is -0.263 e. The summed E-state index contributed by atoms with van der Waals surface area (Å²) in [7, 11) is -3.57. The standard InChI is InChI=1S/C15H15FN2O2S/c16-13-7-5-12(6-8-13)15-4-2-10-18(15)21(19,20)14-3-1-9-17-11-14/h1,3,5-9,11,15H,2,4,10H2. The molecular formula is C15H15FN2O2S. The number of benzene rings is 1. The lowest BCUT2D eigenvalue weighted by Crippen LogP contribution is -2.30. The van der Waals surface area contributed by atoms with Crippen molar-refractivity contribution >= 4 is 10.0 Å². The Kier molecular flexibility index (Phi) is 3.73. The summed E-state index contributed by atoms with van der Waals surface area (Å²) in [5, 5.41) is 0. The predicted molar refractivity (Wildman–Crippen MR) is 76.5 cm³/mol. The van der Waals surface area contributed by atoms with Gasteiger partial charge in [0.15, 0.2) is 0 Å². The van der Waals surface area contributed by atoms with Gasteiger partial charge in [0.1, 0.15) is 10.7 Å².